The molecular weight excluding hydrogens is 334 g/mol. The van der Waals surface area contributed by atoms with Crippen LogP contribution in [0.5, 0.6) is 0 Å². The highest BCUT2D eigenvalue weighted by atomic mass is 16.6. The van der Waals surface area contributed by atoms with Gasteiger partial charge in [0, 0.05) is 31.7 Å². The van der Waals surface area contributed by atoms with Crippen molar-refractivity contribution in [2.75, 3.05) is 33.4 Å². The molecule has 1 saturated heterocycles. The van der Waals surface area contributed by atoms with Gasteiger partial charge in [-0.25, -0.2) is 14.8 Å². The summed E-state index contributed by atoms with van der Waals surface area (Å²) in [5.41, 5.74) is 8.81. The molecule has 0 aromatic heterocycles. The lowest BCUT2D eigenvalue weighted by atomic mass is 10.1. The van der Waals surface area contributed by atoms with E-state index in [4.69, 9.17) is 15.0 Å². The van der Waals surface area contributed by atoms with Crippen molar-refractivity contribution in [1.29, 1.82) is 0 Å². The topological polar surface area (TPSA) is 90.8 Å². The van der Waals surface area contributed by atoms with Gasteiger partial charge in [-0.2, -0.15) is 0 Å². The van der Waals surface area contributed by atoms with E-state index in [1.165, 1.54) is 0 Å². The number of amides is 1. The van der Waals surface area contributed by atoms with Gasteiger partial charge < -0.3 is 9.47 Å². The smallest absolute Gasteiger partial charge is 0.425 e. The molecule has 0 aliphatic carbocycles. The van der Waals surface area contributed by atoms with Crippen molar-refractivity contribution in [1.82, 2.24) is 10.0 Å². The monoisotopic (exact) mass is 361 g/mol. The molecule has 2 rings (SSSR count). The third kappa shape index (κ3) is 5.91. The first-order valence-corrected chi connectivity index (χ1v) is 8.74. The lowest BCUT2D eigenvalue weighted by molar-refractivity contribution is -0.0722. The molecule has 0 radical (unpaired) electrons. The van der Waals surface area contributed by atoms with Crippen molar-refractivity contribution >= 4 is 6.09 Å². The van der Waals surface area contributed by atoms with Crippen LogP contribution in [-0.4, -0.2) is 55.1 Å². The van der Waals surface area contributed by atoms with E-state index in [-0.39, 0.29) is 5.92 Å². The van der Waals surface area contributed by atoms with E-state index >= 15 is 0 Å². The van der Waals surface area contributed by atoms with E-state index < -0.39 is 11.7 Å². The van der Waals surface area contributed by atoms with Crippen LogP contribution in [-0.2, 0) is 16.0 Å². The number of hydrazine groups is 1. The Bertz CT molecular complexity index is 631. The largest absolute Gasteiger partial charge is 0.440 e. The summed E-state index contributed by atoms with van der Waals surface area (Å²) in [7, 11) is 1.58. The lowest BCUT2D eigenvalue weighted by Gasteiger charge is -2.34. The van der Waals surface area contributed by atoms with Crippen LogP contribution in [0, 0.1) is 5.92 Å². The van der Waals surface area contributed by atoms with Crippen molar-refractivity contribution in [3.05, 3.63) is 46.3 Å². The van der Waals surface area contributed by atoms with Gasteiger partial charge in [0.25, 0.3) is 0 Å². The Morgan fingerprint density at radius 2 is 2.15 bits per heavy atom. The van der Waals surface area contributed by atoms with Crippen molar-refractivity contribution in [3.63, 3.8) is 0 Å². The van der Waals surface area contributed by atoms with Crippen molar-refractivity contribution in [2.45, 2.75) is 32.4 Å². The van der Waals surface area contributed by atoms with Gasteiger partial charge in [0.1, 0.15) is 5.60 Å². The molecule has 8 heteroatoms. The average Bonchev–Trinajstić information content (AvgIpc) is 3.06. The summed E-state index contributed by atoms with van der Waals surface area (Å²) in [5, 5.41) is 7.29. The van der Waals surface area contributed by atoms with Gasteiger partial charge >= 0.3 is 6.09 Å². The van der Waals surface area contributed by atoms with Crippen LogP contribution in [0.1, 0.15) is 25.8 Å². The van der Waals surface area contributed by atoms with Crippen LogP contribution in [0.25, 0.3) is 10.4 Å². The zero-order valence-corrected chi connectivity index (χ0v) is 15.7. The van der Waals surface area contributed by atoms with Crippen LogP contribution in [0.3, 0.4) is 0 Å². The number of hydrogen-bond donors (Lipinski definition) is 0. The molecule has 1 atom stereocenters. The maximum absolute atomic E-state index is 12.9. The number of azide groups is 1. The molecule has 1 heterocycles. The maximum atomic E-state index is 12.9. The zero-order valence-electron chi connectivity index (χ0n) is 15.7. The van der Waals surface area contributed by atoms with Crippen molar-refractivity contribution in [3.8, 4) is 0 Å². The third-order valence-electron chi connectivity index (χ3n) is 4.25. The van der Waals surface area contributed by atoms with Crippen LogP contribution in [0.2, 0.25) is 0 Å². The standard InChI is InChI=1S/C18H27N5O3/c1-18(2,14-25-3)26-17(24)23(13-15-7-5-4-6-8-15)22-10-9-16(12-22)11-20-21-19/h4-8,16H,9-14H2,1-3H3. The minimum absolute atomic E-state index is 0.240. The van der Waals surface area contributed by atoms with Crippen molar-refractivity contribution < 1.29 is 14.3 Å². The Labute approximate surface area is 154 Å². The highest BCUT2D eigenvalue weighted by molar-refractivity contribution is 5.67. The number of rotatable bonds is 8. The molecule has 1 fully saturated rings. The summed E-state index contributed by atoms with van der Waals surface area (Å²) < 4.78 is 10.8. The molecule has 142 valence electrons. The molecule has 26 heavy (non-hydrogen) atoms. The third-order valence-corrected chi connectivity index (χ3v) is 4.25. The maximum Gasteiger partial charge on any atom is 0.425 e. The molecule has 1 amide bonds. The number of hydrogen-bond acceptors (Lipinski definition) is 5. The van der Waals surface area contributed by atoms with Crippen molar-refractivity contribution in [2.24, 2.45) is 11.0 Å². The van der Waals surface area contributed by atoms with Gasteiger partial charge in [-0.1, -0.05) is 35.4 Å². The summed E-state index contributed by atoms with van der Waals surface area (Å²) in [6.45, 7) is 6.21. The molecule has 1 unspecified atom stereocenters. The Hall–Kier alpha value is -2.28. The highest BCUT2D eigenvalue weighted by Crippen LogP contribution is 2.23. The predicted octanol–water partition coefficient (Wildman–Crippen LogP) is 3.60. The first-order valence-electron chi connectivity index (χ1n) is 8.74. The van der Waals surface area contributed by atoms with Gasteiger partial charge in [0.2, 0.25) is 0 Å². The normalized spacial score (nSPS) is 17.6. The zero-order chi connectivity index (χ0) is 19.0. The molecule has 0 saturated carbocycles. The highest BCUT2D eigenvalue weighted by Gasteiger charge is 2.33. The van der Waals surface area contributed by atoms with E-state index in [0.717, 1.165) is 18.5 Å². The minimum atomic E-state index is -0.717. The first-order chi connectivity index (χ1) is 12.4. The summed E-state index contributed by atoms with van der Waals surface area (Å²) >= 11 is 0. The van der Waals surface area contributed by atoms with E-state index in [9.17, 15) is 4.79 Å². The van der Waals surface area contributed by atoms with Gasteiger partial charge in [-0.05, 0) is 37.3 Å². The number of benzene rings is 1. The Kier molecular flexibility index (Phi) is 7.26. The van der Waals surface area contributed by atoms with Crippen LogP contribution >= 0.6 is 0 Å². The fraction of sp³-hybridized carbons (Fsp3) is 0.611. The molecule has 1 aromatic rings. The molecule has 1 aromatic carbocycles. The molecule has 0 spiro atoms. The molecular formula is C18H27N5O3. The predicted molar refractivity (Wildman–Crippen MR) is 98.1 cm³/mol. The minimum Gasteiger partial charge on any atom is -0.440 e. The molecule has 1 aliphatic heterocycles. The lowest BCUT2D eigenvalue weighted by Crippen LogP contribution is -2.48. The fourth-order valence-electron chi connectivity index (χ4n) is 3.03. The quantitative estimate of drug-likeness (QED) is 0.402. The number of nitrogens with zero attached hydrogens (tertiary/aromatic N) is 5. The second-order valence-corrected chi connectivity index (χ2v) is 7.08. The van der Waals surface area contributed by atoms with Crippen LogP contribution in [0.4, 0.5) is 4.79 Å². The molecule has 0 bridgehead atoms. The van der Waals surface area contributed by atoms with E-state index in [1.54, 1.807) is 12.1 Å². The molecule has 0 N–H and O–H groups in total. The number of carbonyl (C=O) groups is 1. The Balaban J connectivity index is 2.11. The number of ether oxygens (including phenoxy) is 2. The van der Waals surface area contributed by atoms with Gasteiger partial charge in [0.05, 0.1) is 13.2 Å². The van der Waals surface area contributed by atoms with E-state index in [2.05, 4.69) is 10.0 Å². The van der Waals surface area contributed by atoms with E-state index in [0.29, 0.717) is 26.2 Å². The van der Waals surface area contributed by atoms with Crippen LogP contribution < -0.4 is 0 Å². The second kappa shape index (κ2) is 9.43. The fourth-order valence-corrected chi connectivity index (χ4v) is 3.03. The summed E-state index contributed by atoms with van der Waals surface area (Å²) in [6.07, 6.45) is 0.472. The Morgan fingerprint density at radius 3 is 2.81 bits per heavy atom. The summed E-state index contributed by atoms with van der Waals surface area (Å²) in [5.74, 6) is 0.240. The SMILES string of the molecule is COCC(C)(C)OC(=O)N(Cc1ccccc1)N1CCC(CN=[N+]=[N-])C1. The number of carbonyl (C=O) groups excluding carboxylic acids is 1. The first kappa shape index (κ1) is 20.0. The Morgan fingerprint density at radius 1 is 1.42 bits per heavy atom. The van der Waals surface area contributed by atoms with Crippen LogP contribution in [0.15, 0.2) is 35.4 Å². The molecule has 8 nitrogen and oxygen atoms in total. The van der Waals surface area contributed by atoms with Gasteiger partial charge in [0.15, 0.2) is 0 Å². The summed E-state index contributed by atoms with van der Waals surface area (Å²) in [6, 6.07) is 9.80. The number of methoxy groups -OCH3 is 1. The summed E-state index contributed by atoms with van der Waals surface area (Å²) in [4.78, 5) is 15.7. The van der Waals surface area contributed by atoms with Gasteiger partial charge in [-0.15, -0.1) is 0 Å². The van der Waals surface area contributed by atoms with Gasteiger partial charge in [-0.3, -0.25) is 0 Å². The molecule has 1 aliphatic rings. The second-order valence-electron chi connectivity index (χ2n) is 7.08. The van der Waals surface area contributed by atoms with E-state index in [1.807, 2.05) is 49.2 Å². The average molecular weight is 361 g/mol.